The van der Waals surface area contributed by atoms with Gasteiger partial charge in [0, 0.05) is 19.2 Å². The normalized spacial score (nSPS) is 16.1. The Hall–Kier alpha value is -1.04. The minimum absolute atomic E-state index is 0.120. The van der Waals surface area contributed by atoms with Gasteiger partial charge in [-0.1, -0.05) is 6.92 Å². The number of aromatic nitrogens is 1. The highest BCUT2D eigenvalue weighted by atomic mass is 32.2. The molecule has 1 aromatic heterocycles. The number of halogens is 2. The highest BCUT2D eigenvalue weighted by molar-refractivity contribution is 7.99. The summed E-state index contributed by atoms with van der Waals surface area (Å²) in [5.41, 5.74) is 0. The maximum absolute atomic E-state index is 13.7. The van der Waals surface area contributed by atoms with Crippen LogP contribution in [-0.2, 0) is 0 Å². The van der Waals surface area contributed by atoms with Gasteiger partial charge in [-0.3, -0.25) is 0 Å². The van der Waals surface area contributed by atoms with Gasteiger partial charge in [0.1, 0.15) is 0 Å². The van der Waals surface area contributed by atoms with Gasteiger partial charge in [0.25, 0.3) is 0 Å². The zero-order chi connectivity index (χ0) is 14.4. The lowest BCUT2D eigenvalue weighted by atomic mass is 10.0. The second-order valence-electron chi connectivity index (χ2n) is 5.01. The Labute approximate surface area is 122 Å². The fraction of sp³-hybridized carbons (Fsp3) is 0.643. The van der Waals surface area contributed by atoms with Crippen molar-refractivity contribution in [3.63, 3.8) is 0 Å². The first-order chi connectivity index (χ1) is 9.70. The van der Waals surface area contributed by atoms with E-state index in [1.54, 1.807) is 0 Å². The van der Waals surface area contributed by atoms with E-state index >= 15 is 0 Å². The van der Waals surface area contributed by atoms with E-state index in [0.717, 1.165) is 36.8 Å². The number of pyridine rings is 1. The molecule has 0 aromatic carbocycles. The van der Waals surface area contributed by atoms with Crippen LogP contribution in [0.2, 0.25) is 0 Å². The molecule has 0 spiro atoms. The van der Waals surface area contributed by atoms with Gasteiger partial charge in [-0.05, 0) is 36.7 Å². The molecular weight excluding hydrogens is 280 g/mol. The summed E-state index contributed by atoms with van der Waals surface area (Å²) in [6.45, 7) is 3.30. The molecule has 1 fully saturated rings. The lowest BCUT2D eigenvalue weighted by Crippen LogP contribution is -2.20. The van der Waals surface area contributed by atoms with E-state index in [9.17, 15) is 8.78 Å². The molecule has 3 nitrogen and oxygen atoms in total. The Morgan fingerprint density at radius 2 is 1.85 bits per heavy atom. The Bertz CT molecular complexity index is 437. The second kappa shape index (κ2) is 7.67. The fourth-order valence-corrected chi connectivity index (χ4v) is 3.35. The summed E-state index contributed by atoms with van der Waals surface area (Å²) >= 11 is 1.96. The predicted molar refractivity (Wildman–Crippen MR) is 81.5 cm³/mol. The quantitative estimate of drug-likeness (QED) is 0.839. The summed E-state index contributed by atoms with van der Waals surface area (Å²) in [7, 11) is 0. The molecule has 112 valence electrons. The highest BCUT2D eigenvalue weighted by Gasteiger charge is 2.16. The van der Waals surface area contributed by atoms with Crippen LogP contribution >= 0.6 is 11.8 Å². The van der Waals surface area contributed by atoms with Gasteiger partial charge in [0.05, 0.1) is 0 Å². The van der Waals surface area contributed by atoms with Gasteiger partial charge < -0.3 is 10.6 Å². The molecule has 1 aliphatic heterocycles. The van der Waals surface area contributed by atoms with Crippen LogP contribution in [0.1, 0.15) is 26.2 Å². The number of hydrogen-bond acceptors (Lipinski definition) is 4. The van der Waals surface area contributed by atoms with Crippen molar-refractivity contribution in [3.8, 4) is 0 Å². The van der Waals surface area contributed by atoms with Gasteiger partial charge in [0.15, 0.2) is 23.3 Å². The van der Waals surface area contributed by atoms with Crippen molar-refractivity contribution in [3.05, 3.63) is 17.7 Å². The third-order valence-corrected chi connectivity index (χ3v) is 4.42. The van der Waals surface area contributed by atoms with Crippen molar-refractivity contribution in [1.82, 2.24) is 4.98 Å². The topological polar surface area (TPSA) is 37.0 Å². The zero-order valence-corrected chi connectivity index (χ0v) is 12.5. The molecular formula is C14H21F2N3S. The molecule has 0 amide bonds. The first kappa shape index (κ1) is 15.4. The predicted octanol–water partition coefficient (Wildman–Crippen LogP) is 3.74. The Balaban J connectivity index is 1.98. The van der Waals surface area contributed by atoms with Gasteiger partial charge in [-0.2, -0.15) is 11.8 Å². The molecule has 2 N–H and O–H groups in total. The van der Waals surface area contributed by atoms with Crippen LogP contribution < -0.4 is 10.6 Å². The maximum Gasteiger partial charge on any atom is 0.168 e. The largest absolute Gasteiger partial charge is 0.368 e. The first-order valence-electron chi connectivity index (χ1n) is 7.12. The lowest BCUT2D eigenvalue weighted by molar-refractivity contribution is 0.512. The van der Waals surface area contributed by atoms with Crippen molar-refractivity contribution < 1.29 is 8.78 Å². The van der Waals surface area contributed by atoms with E-state index < -0.39 is 11.6 Å². The molecule has 0 atom stereocenters. The number of hydrogen-bond donors (Lipinski definition) is 2. The van der Waals surface area contributed by atoms with Gasteiger partial charge in [-0.15, -0.1) is 0 Å². The minimum Gasteiger partial charge on any atom is -0.368 e. The van der Waals surface area contributed by atoms with Crippen LogP contribution in [0.15, 0.2) is 6.07 Å². The smallest absolute Gasteiger partial charge is 0.168 e. The molecule has 6 heteroatoms. The lowest BCUT2D eigenvalue weighted by Gasteiger charge is -2.22. The van der Waals surface area contributed by atoms with E-state index in [1.807, 2.05) is 18.7 Å². The molecule has 0 radical (unpaired) electrons. The molecule has 20 heavy (non-hydrogen) atoms. The Morgan fingerprint density at radius 1 is 1.20 bits per heavy atom. The summed E-state index contributed by atoms with van der Waals surface area (Å²) in [4.78, 5) is 4.02. The van der Waals surface area contributed by atoms with Crippen LogP contribution in [-0.4, -0.2) is 29.6 Å². The van der Waals surface area contributed by atoms with Crippen LogP contribution in [0, 0.1) is 17.6 Å². The van der Waals surface area contributed by atoms with Gasteiger partial charge >= 0.3 is 0 Å². The van der Waals surface area contributed by atoms with Crippen molar-refractivity contribution in [2.45, 2.75) is 26.2 Å². The van der Waals surface area contributed by atoms with Crippen LogP contribution in [0.5, 0.6) is 0 Å². The third kappa shape index (κ3) is 4.23. The molecule has 1 saturated heterocycles. The fourth-order valence-electron chi connectivity index (χ4n) is 2.15. The van der Waals surface area contributed by atoms with Crippen molar-refractivity contribution in [2.75, 3.05) is 35.2 Å². The molecule has 0 unspecified atom stereocenters. The molecule has 0 saturated carbocycles. The molecule has 1 aliphatic rings. The number of nitrogens with zero attached hydrogens (tertiary/aromatic N) is 1. The van der Waals surface area contributed by atoms with E-state index in [4.69, 9.17) is 0 Å². The van der Waals surface area contributed by atoms with Crippen LogP contribution in [0.3, 0.4) is 0 Å². The average Bonchev–Trinajstić information content (AvgIpc) is 2.46. The Kier molecular flexibility index (Phi) is 5.88. The average molecular weight is 301 g/mol. The standard InChI is InChI=1S/C14H21F2N3S/c1-2-5-17-13-11(15)8-12(16)14(19-13)18-9-10-3-6-20-7-4-10/h8,10H,2-7,9H2,1H3,(H2,17,18,19). The molecule has 1 aromatic rings. The maximum atomic E-state index is 13.7. The van der Waals surface area contributed by atoms with E-state index in [-0.39, 0.29) is 11.6 Å². The Morgan fingerprint density at radius 3 is 2.50 bits per heavy atom. The van der Waals surface area contributed by atoms with E-state index in [1.165, 1.54) is 0 Å². The highest BCUT2D eigenvalue weighted by Crippen LogP contribution is 2.24. The van der Waals surface area contributed by atoms with E-state index in [2.05, 4.69) is 15.6 Å². The number of thioether (sulfide) groups is 1. The summed E-state index contributed by atoms with van der Waals surface area (Å²) in [6.07, 6.45) is 3.14. The monoisotopic (exact) mass is 301 g/mol. The summed E-state index contributed by atoms with van der Waals surface area (Å²) in [5, 5.41) is 5.90. The molecule has 2 heterocycles. The second-order valence-corrected chi connectivity index (χ2v) is 6.24. The number of anilines is 2. The summed E-state index contributed by atoms with van der Waals surface area (Å²) < 4.78 is 27.3. The van der Waals surface area contributed by atoms with E-state index in [0.29, 0.717) is 19.0 Å². The van der Waals surface area contributed by atoms with Gasteiger partial charge in [0.2, 0.25) is 0 Å². The van der Waals surface area contributed by atoms with Crippen molar-refractivity contribution in [2.24, 2.45) is 5.92 Å². The van der Waals surface area contributed by atoms with Crippen molar-refractivity contribution >= 4 is 23.4 Å². The number of rotatable bonds is 6. The molecule has 2 rings (SSSR count). The number of nitrogens with one attached hydrogen (secondary N) is 2. The SMILES string of the molecule is CCCNc1nc(NCC2CCSCC2)c(F)cc1F. The summed E-state index contributed by atoms with van der Waals surface area (Å²) in [5.74, 6) is 1.86. The molecule has 0 aliphatic carbocycles. The van der Waals surface area contributed by atoms with Crippen LogP contribution in [0.25, 0.3) is 0 Å². The van der Waals surface area contributed by atoms with Gasteiger partial charge in [-0.25, -0.2) is 13.8 Å². The third-order valence-electron chi connectivity index (χ3n) is 3.37. The first-order valence-corrected chi connectivity index (χ1v) is 8.27. The molecule has 0 bridgehead atoms. The van der Waals surface area contributed by atoms with Crippen molar-refractivity contribution in [1.29, 1.82) is 0 Å². The zero-order valence-electron chi connectivity index (χ0n) is 11.7. The summed E-state index contributed by atoms with van der Waals surface area (Å²) in [6, 6.07) is 0.893. The van der Waals surface area contributed by atoms with Crippen LogP contribution in [0.4, 0.5) is 20.4 Å². The minimum atomic E-state index is -0.643.